The number of likely N-dealkylation sites (tertiary alicyclic amines) is 1. The topological polar surface area (TPSA) is 64.2 Å². The SMILES string of the molecule is Cn1nccc1CN1CCCC(N)C1=O. The highest BCUT2D eigenvalue weighted by Gasteiger charge is 2.25. The molecule has 1 amide bonds. The van der Waals surface area contributed by atoms with Gasteiger partial charge in [-0.05, 0) is 18.9 Å². The van der Waals surface area contributed by atoms with Crippen LogP contribution in [-0.4, -0.2) is 33.2 Å². The maximum Gasteiger partial charge on any atom is 0.239 e. The zero-order valence-corrected chi connectivity index (χ0v) is 8.89. The molecule has 1 aliphatic rings. The second-order valence-electron chi connectivity index (χ2n) is 3.95. The van der Waals surface area contributed by atoms with Crippen molar-refractivity contribution in [2.24, 2.45) is 12.8 Å². The van der Waals surface area contributed by atoms with E-state index in [0.717, 1.165) is 25.1 Å². The van der Waals surface area contributed by atoms with Crippen molar-refractivity contribution in [1.82, 2.24) is 14.7 Å². The molecule has 1 saturated heterocycles. The van der Waals surface area contributed by atoms with Crippen molar-refractivity contribution in [2.45, 2.75) is 25.4 Å². The highest BCUT2D eigenvalue weighted by Crippen LogP contribution is 2.13. The largest absolute Gasteiger partial charge is 0.335 e. The lowest BCUT2D eigenvalue weighted by atomic mass is 10.1. The molecule has 1 fully saturated rings. The number of carbonyl (C=O) groups excluding carboxylic acids is 1. The molecule has 0 aromatic carbocycles. The number of rotatable bonds is 2. The Morgan fingerprint density at radius 1 is 1.67 bits per heavy atom. The molecule has 2 heterocycles. The van der Waals surface area contributed by atoms with Gasteiger partial charge in [0.1, 0.15) is 0 Å². The third-order valence-corrected chi connectivity index (χ3v) is 2.85. The van der Waals surface area contributed by atoms with Crippen LogP contribution in [0.4, 0.5) is 0 Å². The average Bonchev–Trinajstić information content (AvgIpc) is 2.60. The molecule has 0 radical (unpaired) electrons. The molecule has 1 aromatic heterocycles. The first-order chi connectivity index (χ1) is 7.18. The predicted octanol–water partition coefficient (Wildman–Crippen LogP) is -0.130. The third-order valence-electron chi connectivity index (χ3n) is 2.85. The first-order valence-electron chi connectivity index (χ1n) is 5.20. The molecule has 1 unspecified atom stereocenters. The van der Waals surface area contributed by atoms with E-state index in [1.807, 2.05) is 18.0 Å². The summed E-state index contributed by atoms with van der Waals surface area (Å²) in [5.74, 6) is 0.0578. The highest BCUT2D eigenvalue weighted by atomic mass is 16.2. The summed E-state index contributed by atoms with van der Waals surface area (Å²) in [4.78, 5) is 13.5. The van der Waals surface area contributed by atoms with Gasteiger partial charge < -0.3 is 10.6 Å². The number of aromatic nitrogens is 2. The summed E-state index contributed by atoms with van der Waals surface area (Å²) in [6, 6.07) is 1.61. The molecule has 1 atom stereocenters. The quantitative estimate of drug-likeness (QED) is 0.736. The normalized spacial score (nSPS) is 22.1. The molecular formula is C10H16N4O. The molecule has 2 N–H and O–H groups in total. The van der Waals surface area contributed by atoms with Crippen molar-refractivity contribution in [1.29, 1.82) is 0 Å². The van der Waals surface area contributed by atoms with Crippen LogP contribution in [0.5, 0.6) is 0 Å². The summed E-state index contributed by atoms with van der Waals surface area (Å²) >= 11 is 0. The fourth-order valence-electron chi connectivity index (χ4n) is 1.88. The van der Waals surface area contributed by atoms with Crippen LogP contribution < -0.4 is 5.73 Å². The van der Waals surface area contributed by atoms with Gasteiger partial charge in [0.2, 0.25) is 5.91 Å². The molecule has 1 aliphatic heterocycles. The lowest BCUT2D eigenvalue weighted by molar-refractivity contribution is -0.135. The number of nitrogens with zero attached hydrogens (tertiary/aromatic N) is 3. The Morgan fingerprint density at radius 3 is 3.13 bits per heavy atom. The van der Waals surface area contributed by atoms with Gasteiger partial charge in [-0.2, -0.15) is 5.10 Å². The van der Waals surface area contributed by atoms with Crippen molar-refractivity contribution in [3.63, 3.8) is 0 Å². The van der Waals surface area contributed by atoms with Crippen molar-refractivity contribution >= 4 is 5.91 Å². The monoisotopic (exact) mass is 208 g/mol. The smallest absolute Gasteiger partial charge is 0.239 e. The van der Waals surface area contributed by atoms with E-state index < -0.39 is 0 Å². The molecule has 0 aliphatic carbocycles. The van der Waals surface area contributed by atoms with E-state index in [0.29, 0.717) is 6.54 Å². The first-order valence-corrected chi connectivity index (χ1v) is 5.20. The standard InChI is InChI=1S/C10H16N4O/c1-13-8(4-5-12-13)7-14-6-2-3-9(11)10(14)15/h4-5,9H,2-3,6-7,11H2,1H3. The van der Waals surface area contributed by atoms with Crippen LogP contribution in [0.25, 0.3) is 0 Å². The number of hydrogen-bond acceptors (Lipinski definition) is 3. The van der Waals surface area contributed by atoms with Crippen molar-refractivity contribution in [3.05, 3.63) is 18.0 Å². The Kier molecular flexibility index (Phi) is 2.73. The van der Waals surface area contributed by atoms with Crippen molar-refractivity contribution in [2.75, 3.05) is 6.54 Å². The summed E-state index contributed by atoms with van der Waals surface area (Å²) in [5, 5.41) is 4.07. The maximum absolute atomic E-state index is 11.7. The van der Waals surface area contributed by atoms with E-state index in [9.17, 15) is 4.79 Å². The molecule has 1 aromatic rings. The summed E-state index contributed by atoms with van der Waals surface area (Å²) in [7, 11) is 1.88. The van der Waals surface area contributed by atoms with Gasteiger partial charge >= 0.3 is 0 Å². The number of hydrogen-bond donors (Lipinski definition) is 1. The van der Waals surface area contributed by atoms with Crippen LogP contribution in [-0.2, 0) is 18.4 Å². The lowest BCUT2D eigenvalue weighted by Gasteiger charge is -2.30. The molecule has 0 saturated carbocycles. The van der Waals surface area contributed by atoms with Gasteiger partial charge in [0.05, 0.1) is 18.3 Å². The van der Waals surface area contributed by atoms with Gasteiger partial charge in [-0.3, -0.25) is 9.48 Å². The van der Waals surface area contributed by atoms with Crippen LogP contribution in [0.1, 0.15) is 18.5 Å². The fourth-order valence-corrected chi connectivity index (χ4v) is 1.88. The van der Waals surface area contributed by atoms with Gasteiger partial charge in [0.25, 0.3) is 0 Å². The molecular weight excluding hydrogens is 192 g/mol. The first kappa shape index (κ1) is 10.2. The maximum atomic E-state index is 11.7. The van der Waals surface area contributed by atoms with E-state index in [1.165, 1.54) is 0 Å². The molecule has 15 heavy (non-hydrogen) atoms. The Balaban J connectivity index is 2.05. The van der Waals surface area contributed by atoms with Crippen LogP contribution in [0, 0.1) is 0 Å². The molecule has 5 nitrogen and oxygen atoms in total. The molecule has 2 rings (SSSR count). The van der Waals surface area contributed by atoms with Gasteiger partial charge in [-0.1, -0.05) is 0 Å². The lowest BCUT2D eigenvalue weighted by Crippen LogP contribution is -2.48. The van der Waals surface area contributed by atoms with E-state index in [-0.39, 0.29) is 11.9 Å². The molecule has 82 valence electrons. The summed E-state index contributed by atoms with van der Waals surface area (Å²) < 4.78 is 1.79. The minimum Gasteiger partial charge on any atom is -0.335 e. The number of carbonyl (C=O) groups is 1. The second kappa shape index (κ2) is 4.02. The van der Waals surface area contributed by atoms with Gasteiger partial charge in [-0.15, -0.1) is 0 Å². The molecule has 0 spiro atoms. The van der Waals surface area contributed by atoms with Crippen molar-refractivity contribution in [3.8, 4) is 0 Å². The van der Waals surface area contributed by atoms with Gasteiger partial charge in [0, 0.05) is 19.8 Å². The number of nitrogens with two attached hydrogens (primary N) is 1. The number of piperidine rings is 1. The molecule has 0 bridgehead atoms. The van der Waals surface area contributed by atoms with Crippen LogP contribution in [0.3, 0.4) is 0 Å². The zero-order valence-electron chi connectivity index (χ0n) is 8.89. The Morgan fingerprint density at radius 2 is 2.47 bits per heavy atom. The minimum absolute atomic E-state index is 0.0578. The average molecular weight is 208 g/mol. The molecule has 5 heteroatoms. The third kappa shape index (κ3) is 2.02. The zero-order chi connectivity index (χ0) is 10.8. The summed E-state index contributed by atoms with van der Waals surface area (Å²) in [6.07, 6.45) is 3.54. The highest BCUT2D eigenvalue weighted by molar-refractivity contribution is 5.82. The van der Waals surface area contributed by atoms with Gasteiger partial charge in [-0.25, -0.2) is 0 Å². The summed E-state index contributed by atoms with van der Waals surface area (Å²) in [6.45, 7) is 1.42. The van der Waals surface area contributed by atoms with E-state index >= 15 is 0 Å². The Labute approximate surface area is 88.8 Å². The number of amides is 1. The van der Waals surface area contributed by atoms with E-state index in [4.69, 9.17) is 5.73 Å². The second-order valence-corrected chi connectivity index (χ2v) is 3.95. The van der Waals surface area contributed by atoms with E-state index in [1.54, 1.807) is 10.9 Å². The van der Waals surface area contributed by atoms with Crippen LogP contribution in [0.2, 0.25) is 0 Å². The minimum atomic E-state index is -0.313. The number of aryl methyl sites for hydroxylation is 1. The predicted molar refractivity (Wildman–Crippen MR) is 55.8 cm³/mol. The summed E-state index contributed by atoms with van der Waals surface area (Å²) in [5.41, 5.74) is 6.76. The Hall–Kier alpha value is -1.36. The van der Waals surface area contributed by atoms with Gasteiger partial charge in [0.15, 0.2) is 0 Å². The fraction of sp³-hybridized carbons (Fsp3) is 0.600. The van der Waals surface area contributed by atoms with E-state index in [2.05, 4.69) is 5.10 Å². The van der Waals surface area contributed by atoms with Crippen LogP contribution >= 0.6 is 0 Å². The van der Waals surface area contributed by atoms with Crippen LogP contribution in [0.15, 0.2) is 12.3 Å². The van der Waals surface area contributed by atoms with Crippen molar-refractivity contribution < 1.29 is 4.79 Å². The Bertz CT molecular complexity index is 360.